The molecule has 1 saturated carbocycles. The van der Waals surface area contributed by atoms with Crippen molar-refractivity contribution >= 4 is 0 Å². The van der Waals surface area contributed by atoms with Crippen LogP contribution in [0.4, 0.5) is 13.2 Å². The second kappa shape index (κ2) is 6.14. The molecule has 1 aromatic rings. The van der Waals surface area contributed by atoms with Crippen LogP contribution in [-0.2, 0) is 6.18 Å². The van der Waals surface area contributed by atoms with Gasteiger partial charge in [-0.1, -0.05) is 19.1 Å². The van der Waals surface area contributed by atoms with Gasteiger partial charge in [-0.15, -0.1) is 0 Å². The van der Waals surface area contributed by atoms with Crippen molar-refractivity contribution < 1.29 is 13.2 Å². The Morgan fingerprint density at radius 2 is 1.85 bits per heavy atom. The molecule has 0 aliphatic heterocycles. The third kappa shape index (κ3) is 4.21. The maximum absolute atomic E-state index is 12.5. The summed E-state index contributed by atoms with van der Waals surface area (Å²) in [7, 11) is 0. The average Bonchev–Trinajstić information content (AvgIpc) is 3.21. The van der Waals surface area contributed by atoms with E-state index in [2.05, 4.69) is 11.8 Å². The topological polar surface area (TPSA) is 29.3 Å². The fraction of sp³-hybridized carbons (Fsp3) is 0.600. The average molecular weight is 286 g/mol. The van der Waals surface area contributed by atoms with E-state index in [1.54, 1.807) is 0 Å². The smallest absolute Gasteiger partial charge is 0.323 e. The lowest BCUT2D eigenvalue weighted by molar-refractivity contribution is -0.137. The van der Waals surface area contributed by atoms with Crippen LogP contribution in [0.15, 0.2) is 24.3 Å². The van der Waals surface area contributed by atoms with Gasteiger partial charge in [0, 0.05) is 19.1 Å². The van der Waals surface area contributed by atoms with Crippen molar-refractivity contribution in [2.24, 2.45) is 11.7 Å². The molecule has 0 aromatic heterocycles. The molecule has 112 valence electrons. The summed E-state index contributed by atoms with van der Waals surface area (Å²) in [5.74, 6) is 0.787. The Morgan fingerprint density at radius 1 is 1.25 bits per heavy atom. The maximum atomic E-state index is 12.5. The first-order valence-electron chi connectivity index (χ1n) is 7.05. The third-order valence-electron chi connectivity index (χ3n) is 3.78. The highest BCUT2D eigenvalue weighted by Crippen LogP contribution is 2.31. The predicted molar refractivity (Wildman–Crippen MR) is 73.2 cm³/mol. The van der Waals surface area contributed by atoms with Gasteiger partial charge >= 0.3 is 6.18 Å². The van der Waals surface area contributed by atoms with Crippen molar-refractivity contribution in [2.75, 3.05) is 19.6 Å². The summed E-state index contributed by atoms with van der Waals surface area (Å²) in [6.07, 6.45) is -1.72. The molecule has 1 aromatic carbocycles. The van der Waals surface area contributed by atoms with E-state index in [1.807, 2.05) is 0 Å². The van der Waals surface area contributed by atoms with Crippen LogP contribution >= 0.6 is 0 Å². The van der Waals surface area contributed by atoms with E-state index in [0.717, 1.165) is 36.7 Å². The molecule has 0 radical (unpaired) electrons. The highest BCUT2D eigenvalue weighted by molar-refractivity contribution is 5.26. The van der Waals surface area contributed by atoms with E-state index in [9.17, 15) is 13.2 Å². The molecule has 0 spiro atoms. The molecule has 5 heteroatoms. The summed E-state index contributed by atoms with van der Waals surface area (Å²) >= 11 is 0. The fourth-order valence-corrected chi connectivity index (χ4v) is 2.30. The zero-order valence-corrected chi connectivity index (χ0v) is 11.7. The third-order valence-corrected chi connectivity index (χ3v) is 3.78. The Hall–Kier alpha value is -1.07. The molecule has 0 heterocycles. The predicted octanol–water partition coefficient (Wildman–Crippen LogP) is 3.44. The van der Waals surface area contributed by atoms with Crippen LogP contribution in [0.1, 0.15) is 36.9 Å². The minimum atomic E-state index is -4.29. The molecule has 2 nitrogen and oxygen atoms in total. The van der Waals surface area contributed by atoms with Crippen LogP contribution in [0.5, 0.6) is 0 Å². The van der Waals surface area contributed by atoms with E-state index in [1.165, 1.54) is 25.0 Å². The van der Waals surface area contributed by atoms with E-state index in [0.29, 0.717) is 6.54 Å². The van der Waals surface area contributed by atoms with Crippen molar-refractivity contribution in [1.29, 1.82) is 0 Å². The molecule has 0 amide bonds. The summed E-state index contributed by atoms with van der Waals surface area (Å²) in [5, 5.41) is 0. The van der Waals surface area contributed by atoms with Gasteiger partial charge in [0.25, 0.3) is 0 Å². The highest BCUT2D eigenvalue weighted by atomic mass is 19.4. The summed E-state index contributed by atoms with van der Waals surface area (Å²) in [5.41, 5.74) is 6.23. The second-order valence-corrected chi connectivity index (χ2v) is 5.52. The summed E-state index contributed by atoms with van der Waals surface area (Å²) < 4.78 is 37.5. The Bertz CT molecular complexity index is 424. The van der Waals surface area contributed by atoms with Crippen molar-refractivity contribution in [3.05, 3.63) is 35.4 Å². The van der Waals surface area contributed by atoms with Gasteiger partial charge in [-0.3, -0.25) is 0 Å². The normalized spacial score (nSPS) is 17.5. The summed E-state index contributed by atoms with van der Waals surface area (Å²) in [6.45, 7) is 4.75. The van der Waals surface area contributed by atoms with Gasteiger partial charge in [0.05, 0.1) is 5.56 Å². The molecule has 1 unspecified atom stereocenters. The van der Waals surface area contributed by atoms with E-state index < -0.39 is 11.7 Å². The molecule has 0 bridgehead atoms. The molecule has 20 heavy (non-hydrogen) atoms. The number of hydrogen-bond acceptors (Lipinski definition) is 2. The van der Waals surface area contributed by atoms with Gasteiger partial charge in [0.1, 0.15) is 0 Å². The van der Waals surface area contributed by atoms with E-state index >= 15 is 0 Å². The number of hydrogen-bond donors (Lipinski definition) is 1. The second-order valence-electron chi connectivity index (χ2n) is 5.52. The molecular formula is C15H21F3N2. The lowest BCUT2D eigenvalue weighted by Crippen LogP contribution is -2.33. The zero-order chi connectivity index (χ0) is 14.8. The number of likely N-dealkylation sites (N-methyl/N-ethyl adjacent to an activating group) is 1. The lowest BCUT2D eigenvalue weighted by atomic mass is 10.0. The largest absolute Gasteiger partial charge is 0.416 e. The molecule has 2 N–H and O–H groups in total. The quantitative estimate of drug-likeness (QED) is 0.868. The zero-order valence-electron chi connectivity index (χ0n) is 11.7. The van der Waals surface area contributed by atoms with Crippen LogP contribution in [0.3, 0.4) is 0 Å². The molecular weight excluding hydrogens is 265 g/mol. The number of alkyl halides is 3. The Balaban J connectivity index is 1.95. The van der Waals surface area contributed by atoms with Crippen molar-refractivity contribution in [2.45, 2.75) is 32.0 Å². The first-order chi connectivity index (χ1) is 9.40. The van der Waals surface area contributed by atoms with Gasteiger partial charge in [0.15, 0.2) is 0 Å². The van der Waals surface area contributed by atoms with E-state index in [4.69, 9.17) is 5.73 Å². The minimum Gasteiger partial charge on any atom is -0.323 e. The number of rotatable bonds is 6. The fourth-order valence-electron chi connectivity index (χ4n) is 2.30. The minimum absolute atomic E-state index is 0.240. The number of nitrogens with two attached hydrogens (primary N) is 1. The standard InChI is InChI=1S/C15H21F3N2/c1-2-20(9-11-3-4-11)10-14(19)12-5-7-13(8-6-12)15(16,17)18/h5-8,11,14H,2-4,9-10,19H2,1H3. The van der Waals surface area contributed by atoms with Crippen LogP contribution in [0.25, 0.3) is 0 Å². The van der Waals surface area contributed by atoms with Crippen LogP contribution < -0.4 is 5.73 Å². The maximum Gasteiger partial charge on any atom is 0.416 e. The van der Waals surface area contributed by atoms with Gasteiger partial charge in [0.2, 0.25) is 0 Å². The van der Waals surface area contributed by atoms with Crippen molar-refractivity contribution in [3.63, 3.8) is 0 Å². The molecule has 1 atom stereocenters. The van der Waals surface area contributed by atoms with Gasteiger partial charge in [-0.05, 0) is 43.0 Å². The monoisotopic (exact) mass is 286 g/mol. The van der Waals surface area contributed by atoms with Crippen molar-refractivity contribution in [1.82, 2.24) is 4.90 Å². The summed E-state index contributed by atoms with van der Waals surface area (Å²) in [6, 6.07) is 4.94. The van der Waals surface area contributed by atoms with Gasteiger partial charge in [-0.25, -0.2) is 0 Å². The van der Waals surface area contributed by atoms with Crippen LogP contribution in [0.2, 0.25) is 0 Å². The van der Waals surface area contributed by atoms with Gasteiger partial charge < -0.3 is 10.6 Å². The molecule has 1 aliphatic rings. The Kier molecular flexibility index (Phi) is 4.70. The molecule has 1 fully saturated rings. The highest BCUT2D eigenvalue weighted by Gasteiger charge is 2.30. The lowest BCUT2D eigenvalue weighted by Gasteiger charge is -2.24. The molecule has 0 saturated heterocycles. The summed E-state index contributed by atoms with van der Waals surface area (Å²) in [4.78, 5) is 2.28. The SMILES string of the molecule is CCN(CC1CC1)CC(N)c1ccc(C(F)(F)F)cc1. The number of benzene rings is 1. The first kappa shape index (κ1) is 15.3. The number of nitrogens with zero attached hydrogens (tertiary/aromatic N) is 1. The Labute approximate surface area is 117 Å². The number of halogens is 3. The molecule has 1 aliphatic carbocycles. The van der Waals surface area contributed by atoms with Crippen molar-refractivity contribution in [3.8, 4) is 0 Å². The first-order valence-corrected chi connectivity index (χ1v) is 7.05. The van der Waals surface area contributed by atoms with Crippen LogP contribution in [-0.4, -0.2) is 24.5 Å². The molecule has 2 rings (SSSR count). The van der Waals surface area contributed by atoms with Gasteiger partial charge in [-0.2, -0.15) is 13.2 Å². The van der Waals surface area contributed by atoms with Crippen LogP contribution in [0, 0.1) is 5.92 Å². The Morgan fingerprint density at radius 3 is 2.30 bits per heavy atom. The van der Waals surface area contributed by atoms with E-state index in [-0.39, 0.29) is 6.04 Å².